The Labute approximate surface area is 216 Å². The number of carbonyl (C=O) groups is 1. The summed E-state index contributed by atoms with van der Waals surface area (Å²) in [5.41, 5.74) is 5.74. The number of unbranched alkanes of at least 4 members (excludes halogenated alkanes) is 19. The molecule has 0 aromatic heterocycles. The summed E-state index contributed by atoms with van der Waals surface area (Å²) in [6.07, 6.45) is 33.7. The number of nitrogens with two attached hydrogens (primary N) is 1. The molecule has 202 valence electrons. The van der Waals surface area contributed by atoms with Gasteiger partial charge >= 0.3 is 5.97 Å². The Balaban J connectivity index is 1.85. The van der Waals surface area contributed by atoms with Crippen molar-refractivity contribution in [3.8, 4) is 0 Å². The molecule has 5 heteroatoms. The van der Waals surface area contributed by atoms with Crippen molar-refractivity contribution in [1.29, 1.82) is 0 Å². The number of hydrogen-bond acceptors (Lipinski definition) is 3. The van der Waals surface area contributed by atoms with E-state index in [0.29, 0.717) is 17.6 Å². The average molecular weight is 491 g/mol. The second-order valence-electron chi connectivity index (χ2n) is 10.5. The lowest BCUT2D eigenvalue weighted by Crippen LogP contribution is -2.52. The molecule has 0 saturated heterocycles. The predicted molar refractivity (Wildman–Crippen MR) is 150 cm³/mol. The van der Waals surface area contributed by atoms with Crippen molar-refractivity contribution < 1.29 is 14.4 Å². The Bertz CT molecular complexity index is 602. The van der Waals surface area contributed by atoms with Crippen LogP contribution in [-0.4, -0.2) is 41.0 Å². The van der Waals surface area contributed by atoms with Crippen LogP contribution in [0.2, 0.25) is 0 Å². The minimum Gasteiger partial charge on any atom is -0.477 e. The number of aliphatic imine (C=N–C) groups is 1. The van der Waals surface area contributed by atoms with Crippen molar-refractivity contribution in [3.05, 3.63) is 25.1 Å². The zero-order valence-electron chi connectivity index (χ0n) is 22.7. The molecule has 0 aliphatic carbocycles. The smallest absolute Gasteiger partial charge is 0.360 e. The molecule has 0 saturated carbocycles. The van der Waals surface area contributed by atoms with Crippen LogP contribution < -0.4 is 5.73 Å². The number of quaternary nitrogens is 1. The van der Waals surface area contributed by atoms with Crippen LogP contribution in [0.15, 0.2) is 30.0 Å². The summed E-state index contributed by atoms with van der Waals surface area (Å²) in [6, 6.07) is 0. The van der Waals surface area contributed by atoms with Gasteiger partial charge in [0.05, 0.1) is 6.20 Å². The lowest BCUT2D eigenvalue weighted by atomic mass is 10.0. The van der Waals surface area contributed by atoms with Crippen LogP contribution in [0.3, 0.4) is 0 Å². The SMILES string of the molecule is C=CCCCCCCCCCCCCCCCCCCCCCC1=NC=C[N+]1(CCN)CC(=O)O. The summed E-state index contributed by atoms with van der Waals surface area (Å²) < 4.78 is 0.308. The van der Waals surface area contributed by atoms with Crippen LogP contribution in [0.5, 0.6) is 0 Å². The van der Waals surface area contributed by atoms with E-state index in [1.54, 1.807) is 6.20 Å². The van der Waals surface area contributed by atoms with Crippen LogP contribution in [0.4, 0.5) is 0 Å². The standard InChI is InChI=1S/C30H55N3O2/c1-2-3-4-5-6-7-8-9-10-11-12-13-14-15-16-17-18-19-20-21-22-23-29-32-25-27-33(29,26-24-31)28-30(34)35/h2,25,27H,1,3-24,26,28,31H2/p+1. The summed E-state index contributed by atoms with van der Waals surface area (Å²) in [7, 11) is 0. The first kappa shape index (κ1) is 31.6. The van der Waals surface area contributed by atoms with Gasteiger partial charge in [0.15, 0.2) is 6.54 Å². The summed E-state index contributed by atoms with van der Waals surface area (Å²) in [6.45, 7) is 4.91. The molecule has 1 unspecified atom stereocenters. The first-order valence-electron chi connectivity index (χ1n) is 14.8. The van der Waals surface area contributed by atoms with E-state index in [-0.39, 0.29) is 6.54 Å². The van der Waals surface area contributed by atoms with E-state index in [4.69, 9.17) is 5.73 Å². The Morgan fingerprint density at radius 3 is 1.63 bits per heavy atom. The molecule has 1 heterocycles. The molecular weight excluding hydrogens is 434 g/mol. The second kappa shape index (κ2) is 21.8. The van der Waals surface area contributed by atoms with Gasteiger partial charge in [-0.1, -0.05) is 115 Å². The highest BCUT2D eigenvalue weighted by atomic mass is 16.4. The van der Waals surface area contributed by atoms with Gasteiger partial charge in [-0.25, -0.2) is 14.3 Å². The highest BCUT2D eigenvalue weighted by Crippen LogP contribution is 2.21. The van der Waals surface area contributed by atoms with Gasteiger partial charge in [-0.15, -0.1) is 6.58 Å². The number of nitrogens with zero attached hydrogens (tertiary/aromatic N) is 2. The first-order chi connectivity index (χ1) is 17.1. The second-order valence-corrected chi connectivity index (χ2v) is 10.5. The Morgan fingerprint density at radius 1 is 0.800 bits per heavy atom. The number of aliphatic carboxylic acids is 1. The molecule has 35 heavy (non-hydrogen) atoms. The summed E-state index contributed by atoms with van der Waals surface area (Å²) >= 11 is 0. The van der Waals surface area contributed by atoms with E-state index in [1.165, 1.54) is 122 Å². The van der Waals surface area contributed by atoms with Crippen molar-refractivity contribution >= 4 is 11.8 Å². The van der Waals surface area contributed by atoms with Crippen molar-refractivity contribution in [2.24, 2.45) is 10.7 Å². The van der Waals surface area contributed by atoms with Crippen LogP contribution in [0.1, 0.15) is 135 Å². The molecule has 0 fully saturated rings. The molecule has 0 spiro atoms. The molecule has 0 radical (unpaired) electrons. The number of amidine groups is 1. The molecule has 1 atom stereocenters. The van der Waals surface area contributed by atoms with Crippen molar-refractivity contribution in [2.45, 2.75) is 135 Å². The van der Waals surface area contributed by atoms with Gasteiger partial charge in [-0.05, 0) is 19.3 Å². The Morgan fingerprint density at radius 2 is 1.23 bits per heavy atom. The van der Waals surface area contributed by atoms with Crippen molar-refractivity contribution in [2.75, 3.05) is 19.6 Å². The van der Waals surface area contributed by atoms with Crippen LogP contribution in [0, 0.1) is 0 Å². The third-order valence-electron chi connectivity index (χ3n) is 7.34. The summed E-state index contributed by atoms with van der Waals surface area (Å²) in [5, 5.41) is 9.28. The molecule has 0 amide bonds. The van der Waals surface area contributed by atoms with Gasteiger partial charge in [0, 0.05) is 13.0 Å². The van der Waals surface area contributed by atoms with Crippen LogP contribution in [-0.2, 0) is 4.79 Å². The van der Waals surface area contributed by atoms with Gasteiger partial charge in [0.25, 0.3) is 0 Å². The maximum Gasteiger partial charge on any atom is 0.360 e. The maximum atomic E-state index is 11.3. The van der Waals surface area contributed by atoms with Crippen LogP contribution >= 0.6 is 0 Å². The van der Waals surface area contributed by atoms with E-state index in [0.717, 1.165) is 18.7 Å². The molecule has 1 aliphatic heterocycles. The third kappa shape index (κ3) is 16.0. The van der Waals surface area contributed by atoms with Gasteiger partial charge < -0.3 is 10.8 Å². The van der Waals surface area contributed by atoms with Crippen LogP contribution in [0.25, 0.3) is 0 Å². The van der Waals surface area contributed by atoms with E-state index >= 15 is 0 Å². The molecule has 0 aromatic rings. The van der Waals surface area contributed by atoms with Crippen molar-refractivity contribution in [3.63, 3.8) is 0 Å². The van der Waals surface area contributed by atoms with Gasteiger partial charge in [0.1, 0.15) is 12.7 Å². The molecule has 1 rings (SSSR count). The molecule has 1 aliphatic rings. The van der Waals surface area contributed by atoms with Gasteiger partial charge in [-0.3, -0.25) is 0 Å². The fraction of sp³-hybridized carbons (Fsp3) is 0.800. The monoisotopic (exact) mass is 490 g/mol. The predicted octanol–water partition coefficient (Wildman–Crippen LogP) is 8.11. The number of hydrogen-bond donors (Lipinski definition) is 2. The first-order valence-corrected chi connectivity index (χ1v) is 14.8. The lowest BCUT2D eigenvalue weighted by Gasteiger charge is -2.30. The highest BCUT2D eigenvalue weighted by Gasteiger charge is 2.36. The van der Waals surface area contributed by atoms with E-state index < -0.39 is 5.97 Å². The van der Waals surface area contributed by atoms with Gasteiger partial charge in [0.2, 0.25) is 5.84 Å². The fourth-order valence-corrected chi connectivity index (χ4v) is 5.21. The average Bonchev–Trinajstić information content (AvgIpc) is 3.21. The highest BCUT2D eigenvalue weighted by molar-refractivity contribution is 5.81. The minimum absolute atomic E-state index is 0.0451. The maximum absolute atomic E-state index is 11.3. The van der Waals surface area contributed by atoms with E-state index in [1.807, 2.05) is 12.3 Å². The number of carboxylic acid groups (broad SMARTS) is 1. The quantitative estimate of drug-likeness (QED) is 0.0730. The lowest BCUT2D eigenvalue weighted by molar-refractivity contribution is -0.778. The van der Waals surface area contributed by atoms with Crippen molar-refractivity contribution in [1.82, 2.24) is 0 Å². The summed E-state index contributed by atoms with van der Waals surface area (Å²) in [5.74, 6) is 0.169. The Kier molecular flexibility index (Phi) is 19.7. The largest absolute Gasteiger partial charge is 0.477 e. The zero-order chi connectivity index (χ0) is 25.5. The molecule has 5 nitrogen and oxygen atoms in total. The third-order valence-corrected chi connectivity index (χ3v) is 7.34. The molecule has 0 aromatic carbocycles. The number of allylic oxidation sites excluding steroid dienone is 1. The normalized spacial score (nSPS) is 17.1. The zero-order valence-corrected chi connectivity index (χ0v) is 22.7. The van der Waals surface area contributed by atoms with E-state index in [9.17, 15) is 9.90 Å². The van der Waals surface area contributed by atoms with Gasteiger partial charge in [-0.2, -0.15) is 0 Å². The Hall–Kier alpha value is -1.46. The van der Waals surface area contributed by atoms with E-state index in [2.05, 4.69) is 11.6 Å². The summed E-state index contributed by atoms with van der Waals surface area (Å²) in [4.78, 5) is 15.8. The molecular formula is C30H56N3O2+. The fourth-order valence-electron chi connectivity index (χ4n) is 5.21. The topological polar surface area (TPSA) is 75.7 Å². The minimum atomic E-state index is -0.797. The number of carboxylic acids is 1. The molecule has 0 bridgehead atoms. The number of rotatable bonds is 26. The molecule has 3 N–H and O–H groups in total.